The van der Waals surface area contributed by atoms with E-state index < -0.39 is 0 Å². The summed E-state index contributed by atoms with van der Waals surface area (Å²) < 4.78 is 4.04. The Labute approximate surface area is 66.5 Å². The summed E-state index contributed by atoms with van der Waals surface area (Å²) in [7, 11) is 0.957. The Kier molecular flexibility index (Phi) is 3.17. The van der Waals surface area contributed by atoms with Gasteiger partial charge in [-0.05, 0) is 0 Å². The van der Waals surface area contributed by atoms with Gasteiger partial charge in [-0.2, -0.15) is 0 Å². The maximum absolute atomic E-state index is 11.1. The van der Waals surface area contributed by atoms with Crippen LogP contribution in [0, 0.1) is 0 Å². The first kappa shape index (κ1) is 8.34. The van der Waals surface area contributed by atoms with E-state index in [0.29, 0.717) is 13.1 Å². The molecule has 0 aliphatic carbocycles. The Balaban J connectivity index is 2.52. The van der Waals surface area contributed by atoms with E-state index >= 15 is 0 Å². The van der Waals surface area contributed by atoms with Crippen LogP contribution >= 0.6 is 8.37 Å². The molecular formula is C6H9N2O2P. The molecule has 1 aliphatic heterocycles. The highest BCUT2D eigenvalue weighted by Crippen LogP contribution is 2.09. The number of rotatable bonds is 2. The van der Waals surface area contributed by atoms with Crippen molar-refractivity contribution in [2.24, 2.45) is 4.74 Å². The van der Waals surface area contributed by atoms with Crippen molar-refractivity contribution in [2.75, 3.05) is 19.4 Å². The van der Waals surface area contributed by atoms with Gasteiger partial charge in [-0.3, -0.25) is 4.79 Å². The van der Waals surface area contributed by atoms with E-state index in [1.165, 1.54) is 4.90 Å². The molecule has 4 nitrogen and oxygen atoms in total. The van der Waals surface area contributed by atoms with Gasteiger partial charge in [0, 0.05) is 21.0 Å². The molecule has 0 spiro atoms. The highest BCUT2D eigenvalue weighted by molar-refractivity contribution is 7.26. The molecule has 1 aliphatic rings. The summed E-state index contributed by atoms with van der Waals surface area (Å²) in [4.78, 5) is 22.7. The Morgan fingerprint density at radius 3 is 3.27 bits per heavy atom. The lowest BCUT2D eigenvalue weighted by Crippen LogP contribution is -2.31. The number of aldehydes is 1. The van der Waals surface area contributed by atoms with Crippen LogP contribution in [0.5, 0.6) is 0 Å². The largest absolute Gasteiger partial charge is 0.316 e. The molecule has 0 bridgehead atoms. The van der Waals surface area contributed by atoms with Gasteiger partial charge in [-0.25, -0.2) is 4.74 Å². The Bertz CT molecular complexity index is 193. The summed E-state index contributed by atoms with van der Waals surface area (Å²) in [5.41, 5.74) is 0. The fourth-order valence-corrected chi connectivity index (χ4v) is 1.50. The molecule has 0 fully saturated rings. The molecule has 0 N–H and O–H groups in total. The number of nitrogens with zero attached hydrogens (tertiary/aromatic N) is 2. The molecule has 1 heterocycles. The molecule has 0 saturated heterocycles. The minimum Gasteiger partial charge on any atom is -0.316 e. The van der Waals surface area contributed by atoms with Crippen molar-refractivity contribution in [1.82, 2.24) is 4.90 Å². The van der Waals surface area contributed by atoms with Gasteiger partial charge in [0.25, 0.3) is 0 Å². The molecule has 0 aromatic carbocycles. The van der Waals surface area contributed by atoms with Gasteiger partial charge in [-0.15, -0.1) is 0 Å². The van der Waals surface area contributed by atoms with E-state index in [2.05, 4.69) is 4.74 Å². The number of amides is 1. The third-order valence-electron chi connectivity index (χ3n) is 1.41. The van der Waals surface area contributed by atoms with E-state index in [1.54, 1.807) is 0 Å². The van der Waals surface area contributed by atoms with Gasteiger partial charge >= 0.3 is 0 Å². The molecule has 0 aromatic rings. The second-order valence-electron chi connectivity index (χ2n) is 2.18. The minimum atomic E-state index is 0.0332. The van der Waals surface area contributed by atoms with Crippen LogP contribution in [-0.4, -0.2) is 36.5 Å². The molecule has 0 atom stereocenters. The number of carbonyl (C=O) groups excluding carboxylic acids is 2. The first-order valence-electron chi connectivity index (χ1n) is 3.39. The topological polar surface area (TPSA) is 49.7 Å². The van der Waals surface area contributed by atoms with Crippen molar-refractivity contribution in [3.05, 3.63) is 0 Å². The fraction of sp³-hybridized carbons (Fsp3) is 0.667. The second kappa shape index (κ2) is 4.19. The maximum Gasteiger partial charge on any atom is 0.225 e. The minimum absolute atomic E-state index is 0.0332. The lowest BCUT2D eigenvalue weighted by atomic mass is 10.4. The van der Waals surface area contributed by atoms with Gasteiger partial charge in [0.05, 0.1) is 6.54 Å². The van der Waals surface area contributed by atoms with Crippen LogP contribution in [0.4, 0.5) is 0 Å². The van der Waals surface area contributed by atoms with Crippen LogP contribution in [0.15, 0.2) is 4.74 Å². The normalized spacial score (nSPS) is 19.6. The second-order valence-corrected chi connectivity index (χ2v) is 3.19. The van der Waals surface area contributed by atoms with E-state index in [4.69, 9.17) is 0 Å². The standard InChI is InChI=1S/C6H9N2O2P/c9-3-2-8-5-7-11-4-1-6(8)10/h3H,1-2,4-5H2. The Hall–Kier alpha value is -0.760. The van der Waals surface area contributed by atoms with Crippen LogP contribution in [0.2, 0.25) is 0 Å². The van der Waals surface area contributed by atoms with E-state index in [0.717, 1.165) is 20.8 Å². The smallest absolute Gasteiger partial charge is 0.225 e. The van der Waals surface area contributed by atoms with Crippen molar-refractivity contribution in [2.45, 2.75) is 6.42 Å². The van der Waals surface area contributed by atoms with Crippen LogP contribution in [0.3, 0.4) is 0 Å². The van der Waals surface area contributed by atoms with Crippen molar-refractivity contribution in [3.8, 4) is 0 Å². The summed E-state index contributed by atoms with van der Waals surface area (Å²) in [5.74, 6) is 0.0332. The third kappa shape index (κ3) is 2.39. The first-order valence-corrected chi connectivity index (χ1v) is 4.42. The van der Waals surface area contributed by atoms with Gasteiger partial charge in [-0.1, -0.05) is 0 Å². The molecule has 0 radical (unpaired) electrons. The SMILES string of the molecule is O=CCN1CN=PCCC1=O. The van der Waals surface area contributed by atoms with Crippen LogP contribution in [-0.2, 0) is 9.59 Å². The molecule has 0 unspecified atom stereocenters. The monoisotopic (exact) mass is 172 g/mol. The summed E-state index contributed by atoms with van der Waals surface area (Å²) in [6.07, 6.45) is 2.03. The van der Waals surface area contributed by atoms with Gasteiger partial charge in [0.2, 0.25) is 5.91 Å². The number of carbonyl (C=O) groups is 2. The summed E-state index contributed by atoms with van der Waals surface area (Å²) in [6.45, 7) is 0.553. The van der Waals surface area contributed by atoms with Crippen molar-refractivity contribution >= 4 is 20.6 Å². The van der Waals surface area contributed by atoms with E-state index in [-0.39, 0.29) is 12.5 Å². The number of hydrogen-bond donors (Lipinski definition) is 0. The quantitative estimate of drug-likeness (QED) is 0.450. The fourth-order valence-electron chi connectivity index (χ4n) is 0.824. The Morgan fingerprint density at radius 2 is 2.55 bits per heavy atom. The van der Waals surface area contributed by atoms with Crippen molar-refractivity contribution in [3.63, 3.8) is 0 Å². The number of hydrogen-bond acceptors (Lipinski definition) is 3. The summed E-state index contributed by atoms with van der Waals surface area (Å²) >= 11 is 0. The molecule has 1 rings (SSSR count). The zero-order valence-electron chi connectivity index (χ0n) is 6.06. The highest BCUT2D eigenvalue weighted by Gasteiger charge is 2.13. The van der Waals surface area contributed by atoms with E-state index in [9.17, 15) is 9.59 Å². The average Bonchev–Trinajstić information content (AvgIpc) is 2.18. The molecular weight excluding hydrogens is 163 g/mol. The average molecular weight is 172 g/mol. The Morgan fingerprint density at radius 1 is 1.73 bits per heavy atom. The van der Waals surface area contributed by atoms with Gasteiger partial charge in [0.1, 0.15) is 13.0 Å². The zero-order chi connectivity index (χ0) is 8.10. The predicted molar refractivity (Wildman–Crippen MR) is 41.5 cm³/mol. The lowest BCUT2D eigenvalue weighted by Gasteiger charge is -2.14. The highest BCUT2D eigenvalue weighted by atomic mass is 31.1. The van der Waals surface area contributed by atoms with Crippen LogP contribution in [0.25, 0.3) is 0 Å². The van der Waals surface area contributed by atoms with Crippen molar-refractivity contribution < 1.29 is 9.59 Å². The summed E-state index contributed by atoms with van der Waals surface area (Å²) in [5, 5.41) is 0. The predicted octanol–water partition coefficient (Wildman–Crippen LogP) is 0.505. The van der Waals surface area contributed by atoms with E-state index in [1.807, 2.05) is 0 Å². The van der Waals surface area contributed by atoms with Crippen LogP contribution in [0.1, 0.15) is 6.42 Å². The van der Waals surface area contributed by atoms with Gasteiger partial charge < -0.3 is 9.69 Å². The van der Waals surface area contributed by atoms with Crippen LogP contribution < -0.4 is 0 Å². The molecule has 60 valence electrons. The molecule has 5 heteroatoms. The van der Waals surface area contributed by atoms with Gasteiger partial charge in [0.15, 0.2) is 0 Å². The first-order chi connectivity index (χ1) is 5.34. The molecule has 11 heavy (non-hydrogen) atoms. The van der Waals surface area contributed by atoms with Crippen molar-refractivity contribution in [1.29, 1.82) is 0 Å². The molecule has 1 amide bonds. The lowest BCUT2D eigenvalue weighted by molar-refractivity contribution is -0.132. The molecule has 0 aromatic heterocycles. The third-order valence-corrected chi connectivity index (χ3v) is 2.16. The zero-order valence-corrected chi connectivity index (χ0v) is 6.96. The maximum atomic E-state index is 11.1. The summed E-state index contributed by atoms with van der Waals surface area (Å²) in [6, 6.07) is 0. The molecule has 0 saturated carbocycles.